The summed E-state index contributed by atoms with van der Waals surface area (Å²) in [6.07, 6.45) is 4.75. The molecule has 9 nitrogen and oxygen atoms in total. The van der Waals surface area contributed by atoms with Crippen LogP contribution in [0.5, 0.6) is 0 Å². The molecular formula is C22H28N4O5S. The maximum Gasteiger partial charge on any atom is 0.250 e. The van der Waals surface area contributed by atoms with Gasteiger partial charge in [-0.25, -0.2) is 12.7 Å². The number of sulfonamides is 1. The van der Waals surface area contributed by atoms with E-state index in [1.165, 1.54) is 25.1 Å². The van der Waals surface area contributed by atoms with Gasteiger partial charge in [0.15, 0.2) is 0 Å². The lowest BCUT2D eigenvalue weighted by molar-refractivity contribution is -0.125. The van der Waals surface area contributed by atoms with Crippen LogP contribution in [0.3, 0.4) is 0 Å². The molecular weight excluding hydrogens is 432 g/mol. The van der Waals surface area contributed by atoms with E-state index in [2.05, 4.69) is 5.32 Å². The summed E-state index contributed by atoms with van der Waals surface area (Å²) >= 11 is 0. The van der Waals surface area contributed by atoms with Crippen LogP contribution in [0.15, 0.2) is 45.9 Å². The lowest BCUT2D eigenvalue weighted by Crippen LogP contribution is -2.57. The Morgan fingerprint density at radius 1 is 1.22 bits per heavy atom. The van der Waals surface area contributed by atoms with Gasteiger partial charge in [0.2, 0.25) is 21.8 Å². The molecule has 0 bridgehead atoms. The van der Waals surface area contributed by atoms with Gasteiger partial charge in [-0.2, -0.15) is 0 Å². The third-order valence-corrected chi connectivity index (χ3v) is 7.77. The lowest BCUT2D eigenvalue weighted by Gasteiger charge is -2.45. The molecule has 0 radical (unpaired) electrons. The van der Waals surface area contributed by atoms with Crippen LogP contribution in [0, 0.1) is 0 Å². The second-order valence-electron chi connectivity index (χ2n) is 8.25. The summed E-state index contributed by atoms with van der Waals surface area (Å²) in [4.78, 5) is 29.6. The molecule has 4 rings (SSSR count). The molecule has 2 aliphatic heterocycles. The predicted octanol–water partition coefficient (Wildman–Crippen LogP) is 1.59. The van der Waals surface area contributed by atoms with Gasteiger partial charge in [-0.15, -0.1) is 0 Å². The Hall–Kier alpha value is -2.85. The number of piperidine rings is 1. The SMILES string of the molecule is CN(C)S(=O)(=O)c1ccc2c(c1)N(CC(=O)NCCc1ccco1)C(=O)[C@H]1CCCCN21. The number of rotatable bonds is 7. The number of fused-ring (bicyclic) bond motifs is 3. The van der Waals surface area contributed by atoms with Gasteiger partial charge in [-0.05, 0) is 49.6 Å². The first kappa shape index (κ1) is 22.3. The fraction of sp³-hybridized carbons (Fsp3) is 0.455. The lowest BCUT2D eigenvalue weighted by atomic mass is 9.96. The predicted molar refractivity (Wildman–Crippen MR) is 120 cm³/mol. The van der Waals surface area contributed by atoms with Crippen LogP contribution in [-0.2, 0) is 26.0 Å². The van der Waals surface area contributed by atoms with E-state index in [9.17, 15) is 18.0 Å². The third-order valence-electron chi connectivity index (χ3n) is 5.95. The quantitative estimate of drug-likeness (QED) is 0.673. The molecule has 0 unspecified atom stereocenters. The van der Waals surface area contributed by atoms with Crippen LogP contribution in [-0.4, -0.2) is 64.3 Å². The highest BCUT2D eigenvalue weighted by Gasteiger charge is 2.40. The molecule has 10 heteroatoms. The van der Waals surface area contributed by atoms with Crippen LogP contribution in [0.4, 0.5) is 11.4 Å². The van der Waals surface area contributed by atoms with Gasteiger partial charge in [0, 0.05) is 33.6 Å². The molecule has 3 heterocycles. The number of furan rings is 1. The smallest absolute Gasteiger partial charge is 0.250 e. The molecule has 2 aliphatic rings. The number of carbonyl (C=O) groups excluding carboxylic acids is 2. The normalized spacial score (nSPS) is 18.5. The van der Waals surface area contributed by atoms with E-state index in [-0.39, 0.29) is 29.3 Å². The van der Waals surface area contributed by atoms with Crippen LogP contribution < -0.4 is 15.1 Å². The van der Waals surface area contributed by atoms with E-state index in [4.69, 9.17) is 4.42 Å². The summed E-state index contributed by atoms with van der Waals surface area (Å²) < 4.78 is 31.8. The van der Waals surface area contributed by atoms with Crippen molar-refractivity contribution in [1.29, 1.82) is 0 Å². The van der Waals surface area contributed by atoms with Crippen molar-refractivity contribution in [2.45, 2.75) is 36.6 Å². The number of amides is 2. The van der Waals surface area contributed by atoms with Gasteiger partial charge >= 0.3 is 0 Å². The minimum atomic E-state index is -3.68. The number of benzene rings is 1. The van der Waals surface area contributed by atoms with E-state index >= 15 is 0 Å². The Bertz CT molecular complexity index is 1100. The minimum Gasteiger partial charge on any atom is -0.469 e. The summed E-state index contributed by atoms with van der Waals surface area (Å²) in [6, 6.07) is 8.11. The van der Waals surface area contributed by atoms with Crippen molar-refractivity contribution >= 4 is 33.2 Å². The third kappa shape index (κ3) is 4.24. The summed E-state index contributed by atoms with van der Waals surface area (Å²) in [5, 5.41) is 2.82. The van der Waals surface area contributed by atoms with Crippen LogP contribution >= 0.6 is 0 Å². The van der Waals surface area contributed by atoms with Gasteiger partial charge in [0.1, 0.15) is 18.3 Å². The first-order valence-electron chi connectivity index (χ1n) is 10.7. The first-order chi connectivity index (χ1) is 15.3. The Kier molecular flexibility index (Phi) is 6.25. The first-order valence-corrected chi connectivity index (χ1v) is 12.2. The standard InChI is InChI=1S/C22H28N4O5S/c1-24(2)32(29,30)17-8-9-18-20(14-17)26(22(28)19-7-3-4-12-25(18)19)15-21(27)23-11-10-16-6-5-13-31-16/h5-6,8-9,13-14,19H,3-4,7,10-12,15H2,1-2H3,(H,23,27)/t19-/m1/s1. The highest BCUT2D eigenvalue weighted by Crippen LogP contribution is 2.40. The van der Waals surface area contributed by atoms with Crippen LogP contribution in [0.2, 0.25) is 0 Å². The van der Waals surface area contributed by atoms with Crippen molar-refractivity contribution in [3.63, 3.8) is 0 Å². The molecule has 1 atom stereocenters. The average Bonchev–Trinajstić information content (AvgIpc) is 3.29. The number of hydrogen-bond donors (Lipinski definition) is 1. The molecule has 1 saturated heterocycles. The highest BCUT2D eigenvalue weighted by molar-refractivity contribution is 7.89. The Balaban J connectivity index is 1.60. The molecule has 0 aliphatic carbocycles. The minimum absolute atomic E-state index is 0.0905. The molecule has 2 amide bonds. The molecule has 1 aromatic heterocycles. The maximum atomic E-state index is 13.3. The van der Waals surface area contributed by atoms with E-state index in [0.717, 1.165) is 35.1 Å². The van der Waals surface area contributed by atoms with Gasteiger partial charge in [0.05, 0.1) is 22.5 Å². The maximum absolute atomic E-state index is 13.3. The number of anilines is 2. The summed E-state index contributed by atoms with van der Waals surface area (Å²) in [7, 11) is -0.756. The molecule has 32 heavy (non-hydrogen) atoms. The Labute approximate surface area is 188 Å². The van der Waals surface area contributed by atoms with E-state index in [1.807, 2.05) is 11.0 Å². The molecule has 0 saturated carbocycles. The number of nitrogens with one attached hydrogen (secondary N) is 1. The van der Waals surface area contributed by atoms with Crippen molar-refractivity contribution in [3.8, 4) is 0 Å². The molecule has 0 spiro atoms. The highest BCUT2D eigenvalue weighted by atomic mass is 32.2. The Morgan fingerprint density at radius 3 is 2.75 bits per heavy atom. The fourth-order valence-electron chi connectivity index (χ4n) is 4.25. The van der Waals surface area contributed by atoms with Gasteiger partial charge in [-0.1, -0.05) is 0 Å². The van der Waals surface area contributed by atoms with Gasteiger partial charge < -0.3 is 14.6 Å². The average molecular weight is 461 g/mol. The van der Waals surface area contributed by atoms with E-state index < -0.39 is 10.0 Å². The fourth-order valence-corrected chi connectivity index (χ4v) is 5.17. The number of hydrogen-bond acceptors (Lipinski definition) is 6. The second-order valence-corrected chi connectivity index (χ2v) is 10.4. The largest absolute Gasteiger partial charge is 0.469 e. The van der Waals surface area contributed by atoms with Crippen molar-refractivity contribution in [3.05, 3.63) is 42.4 Å². The zero-order valence-electron chi connectivity index (χ0n) is 18.3. The monoisotopic (exact) mass is 460 g/mol. The summed E-state index contributed by atoms with van der Waals surface area (Å²) in [5.41, 5.74) is 1.24. The topological polar surface area (TPSA) is 103 Å². The van der Waals surface area contributed by atoms with E-state index in [0.29, 0.717) is 25.1 Å². The van der Waals surface area contributed by atoms with Crippen LogP contribution in [0.25, 0.3) is 0 Å². The van der Waals surface area contributed by atoms with Crippen molar-refractivity contribution < 1.29 is 22.4 Å². The zero-order chi connectivity index (χ0) is 22.9. The summed E-state index contributed by atoms with van der Waals surface area (Å²) in [5.74, 6) is 0.292. The molecule has 1 N–H and O–H groups in total. The molecule has 172 valence electrons. The molecule has 1 fully saturated rings. The van der Waals surface area contributed by atoms with Crippen LogP contribution in [0.1, 0.15) is 25.0 Å². The zero-order valence-corrected chi connectivity index (χ0v) is 19.1. The Morgan fingerprint density at radius 2 is 2.03 bits per heavy atom. The van der Waals surface area contributed by atoms with E-state index in [1.54, 1.807) is 24.5 Å². The number of nitrogens with zero attached hydrogens (tertiary/aromatic N) is 3. The van der Waals surface area contributed by atoms with Crippen molar-refractivity contribution in [1.82, 2.24) is 9.62 Å². The van der Waals surface area contributed by atoms with Crippen molar-refractivity contribution in [2.24, 2.45) is 0 Å². The molecule has 1 aromatic carbocycles. The number of carbonyl (C=O) groups is 2. The van der Waals surface area contributed by atoms with Gasteiger partial charge in [-0.3, -0.25) is 14.5 Å². The van der Waals surface area contributed by atoms with Gasteiger partial charge in [0.25, 0.3) is 0 Å². The molecule has 2 aromatic rings. The summed E-state index contributed by atoms with van der Waals surface area (Å²) in [6.45, 7) is 0.942. The second kappa shape index (κ2) is 8.95. The van der Waals surface area contributed by atoms with Crippen molar-refractivity contribution in [2.75, 3.05) is 43.5 Å².